The smallest absolute Gasteiger partial charge is 0.338 e. The van der Waals surface area contributed by atoms with Gasteiger partial charge in [0.25, 0.3) is 0 Å². The predicted octanol–water partition coefficient (Wildman–Crippen LogP) is 2.23. The first-order chi connectivity index (χ1) is 9.02. The normalized spacial score (nSPS) is 18.9. The van der Waals surface area contributed by atoms with Gasteiger partial charge in [0.05, 0.1) is 12.2 Å². The van der Waals surface area contributed by atoms with E-state index in [-0.39, 0.29) is 12.6 Å². The maximum absolute atomic E-state index is 12.0. The number of urea groups is 1. The van der Waals surface area contributed by atoms with Crippen molar-refractivity contribution in [2.75, 3.05) is 6.61 Å². The number of rotatable bonds is 3. The molecule has 0 saturated carbocycles. The third-order valence-corrected chi connectivity index (χ3v) is 3.07. The number of esters is 1. The van der Waals surface area contributed by atoms with Crippen LogP contribution in [0, 0.1) is 0 Å². The number of hydrogen-bond donors (Lipinski definition) is 2. The average molecular weight is 329 g/mol. The van der Waals surface area contributed by atoms with Gasteiger partial charge < -0.3 is 19.8 Å². The van der Waals surface area contributed by atoms with Crippen molar-refractivity contribution in [2.45, 2.75) is 19.9 Å². The monoisotopic (exact) mass is 328 g/mol. The van der Waals surface area contributed by atoms with Crippen molar-refractivity contribution in [3.63, 3.8) is 0 Å². The molecular formula is C12H13BrN2O4. The van der Waals surface area contributed by atoms with Crippen molar-refractivity contribution in [1.29, 1.82) is 0 Å². The Balaban J connectivity index is 2.40. The number of amides is 2. The zero-order valence-corrected chi connectivity index (χ0v) is 12.0. The Labute approximate surface area is 118 Å². The van der Waals surface area contributed by atoms with Gasteiger partial charge in [-0.3, -0.25) is 0 Å². The van der Waals surface area contributed by atoms with Crippen LogP contribution in [0.25, 0.3) is 0 Å². The second kappa shape index (κ2) is 5.48. The van der Waals surface area contributed by atoms with Crippen LogP contribution < -0.4 is 10.6 Å². The van der Waals surface area contributed by atoms with E-state index in [0.29, 0.717) is 21.7 Å². The summed E-state index contributed by atoms with van der Waals surface area (Å²) in [5, 5.41) is 5.19. The molecule has 2 heterocycles. The number of hydrogen-bond acceptors (Lipinski definition) is 4. The molecule has 6 nitrogen and oxygen atoms in total. The summed E-state index contributed by atoms with van der Waals surface area (Å²) in [6, 6.07) is 2.34. The molecular weight excluding hydrogens is 316 g/mol. The standard InChI is InChI=1S/C12H13BrN2O4/c1-3-18-11(16)9-6(2)14-12(17)15-10(9)7-4-5-8(13)19-7/h4-5,10H,3H2,1-2H3,(H2,14,15,17)/t10-/m0/s1. The molecule has 0 aromatic carbocycles. The van der Waals surface area contributed by atoms with Gasteiger partial charge in [0.15, 0.2) is 4.67 Å². The third kappa shape index (κ3) is 2.81. The Morgan fingerprint density at radius 3 is 2.84 bits per heavy atom. The quantitative estimate of drug-likeness (QED) is 0.834. The first-order valence-corrected chi connectivity index (χ1v) is 6.53. The molecule has 102 valence electrons. The van der Waals surface area contributed by atoms with Gasteiger partial charge in [-0.1, -0.05) is 0 Å². The summed E-state index contributed by atoms with van der Waals surface area (Å²) in [6.45, 7) is 3.63. The molecule has 1 aliphatic heterocycles. The molecule has 19 heavy (non-hydrogen) atoms. The molecule has 1 aromatic rings. The molecule has 0 spiro atoms. The molecule has 1 atom stereocenters. The first kappa shape index (κ1) is 13.7. The number of carbonyl (C=O) groups excluding carboxylic acids is 2. The highest BCUT2D eigenvalue weighted by atomic mass is 79.9. The van der Waals surface area contributed by atoms with Gasteiger partial charge in [0.2, 0.25) is 0 Å². The molecule has 0 radical (unpaired) electrons. The SMILES string of the molecule is CCOC(=O)C1=C(C)NC(=O)N[C@H]1c1ccc(Br)o1. The van der Waals surface area contributed by atoms with Gasteiger partial charge in [-0.05, 0) is 41.9 Å². The molecule has 0 fully saturated rings. The average Bonchev–Trinajstić information content (AvgIpc) is 2.75. The van der Waals surface area contributed by atoms with E-state index in [1.165, 1.54) is 0 Å². The molecule has 1 aromatic heterocycles. The number of allylic oxidation sites excluding steroid dienone is 1. The van der Waals surface area contributed by atoms with Gasteiger partial charge in [0, 0.05) is 5.70 Å². The topological polar surface area (TPSA) is 80.6 Å². The van der Waals surface area contributed by atoms with Gasteiger partial charge in [-0.25, -0.2) is 9.59 Å². The zero-order valence-electron chi connectivity index (χ0n) is 10.5. The highest BCUT2D eigenvalue weighted by molar-refractivity contribution is 9.10. The summed E-state index contributed by atoms with van der Waals surface area (Å²) in [6.07, 6.45) is 0. The van der Waals surface area contributed by atoms with Crippen molar-refractivity contribution in [3.05, 3.63) is 33.8 Å². The van der Waals surface area contributed by atoms with Crippen molar-refractivity contribution in [1.82, 2.24) is 10.6 Å². The summed E-state index contributed by atoms with van der Waals surface area (Å²) in [5.74, 6) is -0.0193. The number of carbonyl (C=O) groups is 2. The highest BCUT2D eigenvalue weighted by Gasteiger charge is 2.33. The fourth-order valence-electron chi connectivity index (χ4n) is 1.87. The molecule has 0 unspecified atom stereocenters. The zero-order chi connectivity index (χ0) is 14.0. The molecule has 2 amide bonds. The van der Waals surface area contributed by atoms with E-state index in [2.05, 4.69) is 26.6 Å². The van der Waals surface area contributed by atoms with Crippen molar-refractivity contribution < 1.29 is 18.7 Å². The van der Waals surface area contributed by atoms with Gasteiger partial charge >= 0.3 is 12.0 Å². The van der Waals surface area contributed by atoms with E-state index in [1.54, 1.807) is 26.0 Å². The molecule has 0 aliphatic carbocycles. The van der Waals surface area contributed by atoms with Crippen LogP contribution >= 0.6 is 15.9 Å². The van der Waals surface area contributed by atoms with Crippen molar-refractivity contribution >= 4 is 27.9 Å². The molecule has 2 rings (SSSR count). The lowest BCUT2D eigenvalue weighted by Gasteiger charge is -2.26. The van der Waals surface area contributed by atoms with Crippen LogP contribution in [0.5, 0.6) is 0 Å². The lowest BCUT2D eigenvalue weighted by Crippen LogP contribution is -2.45. The minimum Gasteiger partial charge on any atom is -0.463 e. The molecule has 0 saturated heterocycles. The summed E-state index contributed by atoms with van der Waals surface area (Å²) >= 11 is 3.19. The largest absolute Gasteiger partial charge is 0.463 e. The molecule has 2 N–H and O–H groups in total. The number of furan rings is 1. The number of nitrogens with one attached hydrogen (secondary N) is 2. The van der Waals surface area contributed by atoms with Crippen LogP contribution in [0.4, 0.5) is 4.79 Å². The van der Waals surface area contributed by atoms with E-state index in [1.807, 2.05) is 0 Å². The van der Waals surface area contributed by atoms with Crippen LogP contribution in [0.15, 0.2) is 32.5 Å². The maximum Gasteiger partial charge on any atom is 0.338 e. The summed E-state index contributed by atoms with van der Waals surface area (Å²) in [5.41, 5.74) is 0.794. The molecule has 7 heteroatoms. The Bertz CT molecular complexity index is 550. The second-order valence-electron chi connectivity index (χ2n) is 3.93. The van der Waals surface area contributed by atoms with Gasteiger partial charge in [-0.15, -0.1) is 0 Å². The van der Waals surface area contributed by atoms with Crippen LogP contribution in [-0.4, -0.2) is 18.6 Å². The van der Waals surface area contributed by atoms with Crippen LogP contribution in [0.2, 0.25) is 0 Å². The Morgan fingerprint density at radius 1 is 1.53 bits per heavy atom. The lowest BCUT2D eigenvalue weighted by molar-refractivity contribution is -0.139. The second-order valence-corrected chi connectivity index (χ2v) is 4.71. The maximum atomic E-state index is 12.0. The molecule has 1 aliphatic rings. The van der Waals surface area contributed by atoms with Gasteiger partial charge in [0.1, 0.15) is 11.8 Å². The van der Waals surface area contributed by atoms with Crippen molar-refractivity contribution in [3.8, 4) is 0 Å². The predicted molar refractivity (Wildman–Crippen MR) is 70.1 cm³/mol. The fourth-order valence-corrected chi connectivity index (χ4v) is 2.19. The van der Waals surface area contributed by atoms with E-state index in [0.717, 1.165) is 0 Å². The van der Waals surface area contributed by atoms with Crippen molar-refractivity contribution in [2.24, 2.45) is 0 Å². The Morgan fingerprint density at radius 2 is 2.26 bits per heavy atom. The van der Waals surface area contributed by atoms with E-state index in [9.17, 15) is 9.59 Å². The van der Waals surface area contributed by atoms with Crippen LogP contribution in [-0.2, 0) is 9.53 Å². The summed E-state index contributed by atoms with van der Waals surface area (Å²) < 4.78 is 10.9. The van der Waals surface area contributed by atoms with E-state index in [4.69, 9.17) is 9.15 Å². The van der Waals surface area contributed by atoms with E-state index >= 15 is 0 Å². The molecule has 0 bridgehead atoms. The fraction of sp³-hybridized carbons (Fsp3) is 0.333. The number of ether oxygens (including phenoxy) is 1. The van der Waals surface area contributed by atoms with Crippen LogP contribution in [0.1, 0.15) is 25.6 Å². The third-order valence-electron chi connectivity index (χ3n) is 2.64. The first-order valence-electron chi connectivity index (χ1n) is 5.73. The summed E-state index contributed by atoms with van der Waals surface area (Å²) in [4.78, 5) is 23.5. The summed E-state index contributed by atoms with van der Waals surface area (Å²) in [7, 11) is 0. The Hall–Kier alpha value is -1.76. The minimum absolute atomic E-state index is 0.262. The lowest BCUT2D eigenvalue weighted by atomic mass is 10.0. The van der Waals surface area contributed by atoms with E-state index < -0.39 is 12.0 Å². The highest BCUT2D eigenvalue weighted by Crippen LogP contribution is 2.30. The minimum atomic E-state index is -0.654. The Kier molecular flexibility index (Phi) is 3.94. The van der Waals surface area contributed by atoms with Crippen LogP contribution in [0.3, 0.4) is 0 Å². The van der Waals surface area contributed by atoms with Gasteiger partial charge in [-0.2, -0.15) is 0 Å². The number of halogens is 1.